The van der Waals surface area contributed by atoms with E-state index >= 15 is 0 Å². The summed E-state index contributed by atoms with van der Waals surface area (Å²) in [5.74, 6) is -0.264. The summed E-state index contributed by atoms with van der Waals surface area (Å²) in [6.45, 7) is 1.25. The van der Waals surface area contributed by atoms with Crippen molar-refractivity contribution in [1.82, 2.24) is 0 Å². The monoisotopic (exact) mass is 409 g/mol. The number of oxime groups is 2. The zero-order valence-corrected chi connectivity index (χ0v) is 15.9. The van der Waals surface area contributed by atoms with Crippen LogP contribution in [0.15, 0.2) is 58.8 Å². The van der Waals surface area contributed by atoms with Crippen molar-refractivity contribution >= 4 is 40.7 Å². The number of hydrogen-bond acceptors (Lipinski definition) is 6. The van der Waals surface area contributed by atoms with Gasteiger partial charge in [0.25, 0.3) is 0 Å². The second kappa shape index (κ2) is 10.4. The number of carbonyl (C=O) groups excluding carboxylic acids is 1. The molecule has 0 aliphatic heterocycles. The Morgan fingerprint density at radius 1 is 1.04 bits per heavy atom. The molecule has 0 fully saturated rings. The Hall–Kier alpha value is -2.77. The highest BCUT2D eigenvalue weighted by atomic mass is 35.5. The first-order valence-corrected chi connectivity index (χ1v) is 8.52. The Balaban J connectivity index is 1.73. The smallest absolute Gasteiger partial charge is 0.374 e. The predicted octanol–water partition coefficient (Wildman–Crippen LogP) is 3.63. The van der Waals surface area contributed by atoms with Crippen LogP contribution in [-0.2, 0) is 14.5 Å². The second-order valence-corrected chi connectivity index (χ2v) is 6.12. The molecule has 0 atom stereocenters. The summed E-state index contributed by atoms with van der Waals surface area (Å²) in [4.78, 5) is 21.1. The average Bonchev–Trinajstić information content (AvgIpc) is 2.65. The molecule has 9 heteroatoms. The summed E-state index contributed by atoms with van der Waals surface area (Å²) in [7, 11) is 0. The van der Waals surface area contributed by atoms with Crippen molar-refractivity contribution in [2.45, 2.75) is 6.92 Å². The summed E-state index contributed by atoms with van der Waals surface area (Å²) in [5.41, 5.74) is 7.00. The molecule has 0 aliphatic carbocycles. The Morgan fingerprint density at radius 3 is 2.48 bits per heavy atom. The van der Waals surface area contributed by atoms with E-state index in [0.29, 0.717) is 21.5 Å². The average molecular weight is 410 g/mol. The molecular formula is C18H17Cl2N3O4. The molecule has 0 bridgehead atoms. The third kappa shape index (κ3) is 7.55. The molecule has 2 rings (SSSR count). The predicted molar refractivity (Wildman–Crippen MR) is 104 cm³/mol. The van der Waals surface area contributed by atoms with Gasteiger partial charge in [-0.15, -0.1) is 0 Å². The molecule has 0 aliphatic rings. The summed E-state index contributed by atoms with van der Waals surface area (Å²) < 4.78 is 5.36. The largest absolute Gasteiger partial charge is 0.486 e. The standard InChI is InChI=1S/C18H17Cl2N3O4/c1-12(13-5-7-14(19)8-6-13)22-26-11-18(24)27-23-17(21)10-25-16-4-2-3-15(20)9-16/h2-9H,10-11H2,1H3,(H2,21,23)/b22-12-. The van der Waals surface area contributed by atoms with E-state index in [2.05, 4.69) is 15.1 Å². The van der Waals surface area contributed by atoms with Crippen molar-refractivity contribution in [2.75, 3.05) is 13.2 Å². The van der Waals surface area contributed by atoms with Crippen LogP contribution in [0.3, 0.4) is 0 Å². The van der Waals surface area contributed by atoms with Crippen LogP contribution >= 0.6 is 23.2 Å². The lowest BCUT2D eigenvalue weighted by atomic mass is 10.1. The Bertz CT molecular complexity index is 839. The lowest BCUT2D eigenvalue weighted by molar-refractivity contribution is -0.149. The van der Waals surface area contributed by atoms with Gasteiger partial charge in [0.15, 0.2) is 5.84 Å². The number of nitrogens with zero attached hydrogens (tertiary/aromatic N) is 2. The Kier molecular flexibility index (Phi) is 7.91. The maximum Gasteiger partial charge on any atom is 0.374 e. The van der Waals surface area contributed by atoms with E-state index in [9.17, 15) is 4.79 Å². The van der Waals surface area contributed by atoms with Crippen molar-refractivity contribution < 1.29 is 19.2 Å². The minimum atomic E-state index is -0.756. The van der Waals surface area contributed by atoms with E-state index in [0.717, 1.165) is 5.56 Å². The number of nitrogens with two attached hydrogens (primary N) is 1. The number of ether oxygens (including phenoxy) is 1. The fourth-order valence-electron chi connectivity index (χ4n) is 1.80. The van der Waals surface area contributed by atoms with Gasteiger partial charge in [-0.25, -0.2) is 4.79 Å². The molecule has 0 spiro atoms. The lowest BCUT2D eigenvalue weighted by Crippen LogP contribution is -2.22. The van der Waals surface area contributed by atoms with E-state index in [1.165, 1.54) is 0 Å². The van der Waals surface area contributed by atoms with Gasteiger partial charge in [0.1, 0.15) is 12.4 Å². The highest BCUT2D eigenvalue weighted by Crippen LogP contribution is 2.16. The first-order chi connectivity index (χ1) is 12.9. The van der Waals surface area contributed by atoms with Gasteiger partial charge in [-0.05, 0) is 42.8 Å². The van der Waals surface area contributed by atoms with Crippen LogP contribution < -0.4 is 10.5 Å². The van der Waals surface area contributed by atoms with Gasteiger partial charge in [-0.3, -0.25) is 0 Å². The lowest BCUT2D eigenvalue weighted by Gasteiger charge is -2.05. The number of amidine groups is 1. The van der Waals surface area contributed by atoms with Gasteiger partial charge in [0.2, 0.25) is 6.61 Å². The molecule has 0 saturated carbocycles. The fourth-order valence-corrected chi connectivity index (χ4v) is 2.11. The van der Waals surface area contributed by atoms with Crippen molar-refractivity contribution in [1.29, 1.82) is 0 Å². The Labute approximate surface area is 166 Å². The molecule has 0 heterocycles. The minimum Gasteiger partial charge on any atom is -0.486 e. The molecule has 2 aromatic carbocycles. The maximum atomic E-state index is 11.6. The van der Waals surface area contributed by atoms with Crippen LogP contribution in [0.25, 0.3) is 0 Å². The van der Waals surface area contributed by atoms with Crippen LogP contribution in [0.5, 0.6) is 5.75 Å². The van der Waals surface area contributed by atoms with Gasteiger partial charge in [-0.1, -0.05) is 51.7 Å². The van der Waals surface area contributed by atoms with E-state index in [4.69, 9.17) is 38.5 Å². The Morgan fingerprint density at radius 2 is 1.78 bits per heavy atom. The zero-order chi connectivity index (χ0) is 19.6. The highest BCUT2D eigenvalue weighted by molar-refractivity contribution is 6.31. The van der Waals surface area contributed by atoms with E-state index < -0.39 is 12.6 Å². The quantitative estimate of drug-likeness (QED) is 0.310. The van der Waals surface area contributed by atoms with Gasteiger partial charge >= 0.3 is 5.97 Å². The second-order valence-electron chi connectivity index (χ2n) is 5.25. The molecule has 0 radical (unpaired) electrons. The van der Waals surface area contributed by atoms with Gasteiger partial charge in [0.05, 0.1) is 5.71 Å². The van der Waals surface area contributed by atoms with Crippen LogP contribution in [-0.4, -0.2) is 30.7 Å². The number of carbonyl (C=O) groups is 1. The zero-order valence-electron chi connectivity index (χ0n) is 14.4. The van der Waals surface area contributed by atoms with Gasteiger partial charge < -0.3 is 20.1 Å². The summed E-state index contributed by atoms with van der Waals surface area (Å²) in [6.07, 6.45) is 0. The van der Waals surface area contributed by atoms with Crippen molar-refractivity contribution in [3.63, 3.8) is 0 Å². The minimum absolute atomic E-state index is 0.0239. The molecule has 0 aromatic heterocycles. The van der Waals surface area contributed by atoms with E-state index in [1.807, 2.05) is 0 Å². The van der Waals surface area contributed by atoms with E-state index in [-0.39, 0.29) is 12.4 Å². The number of benzene rings is 2. The summed E-state index contributed by atoms with van der Waals surface area (Å²) in [5, 5.41) is 8.45. The molecule has 142 valence electrons. The first-order valence-electron chi connectivity index (χ1n) is 7.77. The third-order valence-corrected chi connectivity index (χ3v) is 3.58. The number of halogens is 2. The number of hydrogen-bond donors (Lipinski definition) is 1. The maximum absolute atomic E-state index is 11.6. The van der Waals surface area contributed by atoms with Gasteiger partial charge in [-0.2, -0.15) is 0 Å². The molecule has 2 aromatic rings. The molecule has 0 unspecified atom stereocenters. The van der Waals surface area contributed by atoms with Crippen LogP contribution in [0, 0.1) is 0 Å². The molecular weight excluding hydrogens is 393 g/mol. The van der Waals surface area contributed by atoms with E-state index in [1.54, 1.807) is 55.5 Å². The van der Waals surface area contributed by atoms with Crippen molar-refractivity contribution in [2.24, 2.45) is 16.0 Å². The van der Waals surface area contributed by atoms with Crippen LogP contribution in [0.2, 0.25) is 10.0 Å². The number of rotatable bonds is 8. The third-order valence-electron chi connectivity index (χ3n) is 3.09. The normalized spacial score (nSPS) is 11.8. The highest BCUT2D eigenvalue weighted by Gasteiger charge is 2.05. The molecule has 27 heavy (non-hydrogen) atoms. The molecule has 0 amide bonds. The van der Waals surface area contributed by atoms with Crippen molar-refractivity contribution in [3.05, 3.63) is 64.1 Å². The first kappa shape index (κ1) is 20.5. The SMILES string of the molecule is C/C(=N/OCC(=O)O/N=C(/N)COc1cccc(Cl)c1)c1ccc(Cl)cc1. The van der Waals surface area contributed by atoms with Crippen LogP contribution in [0.1, 0.15) is 12.5 Å². The molecule has 0 saturated heterocycles. The molecule has 7 nitrogen and oxygen atoms in total. The fraction of sp³-hybridized carbons (Fsp3) is 0.167. The van der Waals surface area contributed by atoms with Gasteiger partial charge in [0, 0.05) is 10.0 Å². The summed E-state index contributed by atoms with van der Waals surface area (Å²) >= 11 is 11.7. The van der Waals surface area contributed by atoms with Crippen LogP contribution in [0.4, 0.5) is 0 Å². The summed E-state index contributed by atoms with van der Waals surface area (Å²) in [6, 6.07) is 13.8. The van der Waals surface area contributed by atoms with Crippen molar-refractivity contribution in [3.8, 4) is 5.75 Å². The topological polar surface area (TPSA) is 95.5 Å². The molecule has 2 N–H and O–H groups in total.